The van der Waals surface area contributed by atoms with Crippen molar-refractivity contribution in [2.75, 3.05) is 6.54 Å². The largest absolute Gasteiger partial charge is 0.508 e. The average molecular weight is 616 g/mol. The van der Waals surface area contributed by atoms with Crippen LogP contribution in [0, 0.1) is 13.8 Å². The van der Waals surface area contributed by atoms with Gasteiger partial charge in [0.05, 0.1) is 0 Å². The number of carbonyl (C=O) groups is 3. The van der Waals surface area contributed by atoms with E-state index < -0.39 is 23.8 Å². The molecule has 0 saturated carbocycles. The van der Waals surface area contributed by atoms with Crippen molar-refractivity contribution < 1.29 is 24.2 Å². The Morgan fingerprint density at radius 1 is 0.889 bits per heavy atom. The molecule has 3 aromatic carbocycles. The van der Waals surface area contributed by atoms with Crippen molar-refractivity contribution in [2.24, 2.45) is 0 Å². The van der Waals surface area contributed by atoms with Gasteiger partial charge in [0.1, 0.15) is 23.4 Å². The molecule has 0 saturated heterocycles. The standard InChI is InChI=1S/C37H49N3O5/c1-7-8-9-13-22-40(35(43)32(39-36(44)45-37(4,5)6)24-28-17-19-30(41)20-18-28)33(31-21-16-26(2)23-27(31)3)34(42)38-25-29-14-11-10-12-15-29/h10-12,14-21,23,32-33,41H,7-9,13,22,24-25H2,1-6H3,(H,38,42)(H,39,44). The van der Waals surface area contributed by atoms with E-state index in [9.17, 15) is 19.5 Å². The van der Waals surface area contributed by atoms with Gasteiger partial charge in [-0.3, -0.25) is 9.59 Å². The van der Waals surface area contributed by atoms with Gasteiger partial charge >= 0.3 is 6.09 Å². The summed E-state index contributed by atoms with van der Waals surface area (Å²) in [6.45, 7) is 12.0. The lowest BCUT2D eigenvalue weighted by Crippen LogP contribution is -2.54. The number of alkyl carbamates (subject to hydrolysis) is 1. The molecule has 0 spiro atoms. The van der Waals surface area contributed by atoms with E-state index in [0.29, 0.717) is 19.5 Å². The van der Waals surface area contributed by atoms with E-state index in [4.69, 9.17) is 4.74 Å². The average Bonchev–Trinajstić information content (AvgIpc) is 2.98. The summed E-state index contributed by atoms with van der Waals surface area (Å²) in [6, 6.07) is 20.1. The van der Waals surface area contributed by atoms with Crippen molar-refractivity contribution in [3.8, 4) is 5.75 Å². The minimum atomic E-state index is -1.02. The number of hydrogen-bond acceptors (Lipinski definition) is 5. The van der Waals surface area contributed by atoms with Gasteiger partial charge in [-0.15, -0.1) is 0 Å². The second kappa shape index (κ2) is 16.7. The third-order valence-electron chi connectivity index (χ3n) is 7.49. The fraction of sp³-hybridized carbons (Fsp3) is 0.432. The lowest BCUT2D eigenvalue weighted by atomic mass is 9.95. The molecule has 8 nitrogen and oxygen atoms in total. The molecule has 0 bridgehead atoms. The van der Waals surface area contributed by atoms with E-state index in [1.165, 1.54) is 0 Å². The number of aromatic hydroxyl groups is 1. The summed E-state index contributed by atoms with van der Waals surface area (Å²) in [5, 5.41) is 15.7. The van der Waals surface area contributed by atoms with E-state index >= 15 is 0 Å². The second-order valence-electron chi connectivity index (χ2n) is 12.6. The van der Waals surface area contributed by atoms with Gasteiger partial charge in [0.15, 0.2) is 0 Å². The van der Waals surface area contributed by atoms with Crippen LogP contribution in [0.4, 0.5) is 4.79 Å². The summed E-state index contributed by atoms with van der Waals surface area (Å²) in [5.41, 5.74) is 3.60. The zero-order chi connectivity index (χ0) is 33.0. The van der Waals surface area contributed by atoms with E-state index in [1.54, 1.807) is 49.9 Å². The van der Waals surface area contributed by atoms with Gasteiger partial charge < -0.3 is 25.4 Å². The third kappa shape index (κ3) is 11.3. The molecule has 0 fully saturated rings. The molecule has 45 heavy (non-hydrogen) atoms. The summed E-state index contributed by atoms with van der Waals surface area (Å²) >= 11 is 0. The number of nitrogens with one attached hydrogen (secondary N) is 2. The first-order valence-corrected chi connectivity index (χ1v) is 15.8. The smallest absolute Gasteiger partial charge is 0.408 e. The molecule has 2 atom stereocenters. The van der Waals surface area contributed by atoms with Crippen LogP contribution in [0.15, 0.2) is 72.8 Å². The van der Waals surface area contributed by atoms with E-state index in [2.05, 4.69) is 17.6 Å². The molecule has 242 valence electrons. The number of phenols is 1. The van der Waals surface area contributed by atoms with Crippen LogP contribution < -0.4 is 10.6 Å². The Bertz CT molecular complexity index is 1400. The van der Waals surface area contributed by atoms with Crippen LogP contribution in [0.2, 0.25) is 0 Å². The quantitative estimate of drug-likeness (QED) is 0.171. The number of aryl methyl sites for hydroxylation is 2. The summed E-state index contributed by atoms with van der Waals surface area (Å²) < 4.78 is 5.54. The number of rotatable bonds is 14. The molecule has 3 amide bonds. The highest BCUT2D eigenvalue weighted by molar-refractivity contribution is 5.92. The maximum absolute atomic E-state index is 14.7. The first-order chi connectivity index (χ1) is 21.4. The van der Waals surface area contributed by atoms with Gasteiger partial charge in [0.2, 0.25) is 11.8 Å². The van der Waals surface area contributed by atoms with Crippen LogP contribution in [-0.2, 0) is 27.3 Å². The number of hydrogen-bond donors (Lipinski definition) is 3. The first-order valence-electron chi connectivity index (χ1n) is 15.8. The van der Waals surface area contributed by atoms with E-state index in [0.717, 1.165) is 47.1 Å². The molecule has 0 aromatic heterocycles. The lowest BCUT2D eigenvalue weighted by Gasteiger charge is -2.35. The summed E-state index contributed by atoms with van der Waals surface area (Å²) in [5.74, 6) is -0.579. The number of amides is 3. The summed E-state index contributed by atoms with van der Waals surface area (Å²) in [7, 11) is 0. The predicted octanol–water partition coefficient (Wildman–Crippen LogP) is 6.91. The molecular weight excluding hydrogens is 566 g/mol. The van der Waals surface area contributed by atoms with Crippen LogP contribution in [0.3, 0.4) is 0 Å². The van der Waals surface area contributed by atoms with Gasteiger partial charge in [-0.2, -0.15) is 0 Å². The number of unbranched alkanes of at least 4 members (excludes halogenated alkanes) is 3. The Labute approximate surface area is 268 Å². The number of ether oxygens (including phenoxy) is 1. The Morgan fingerprint density at radius 3 is 2.20 bits per heavy atom. The molecule has 0 aliphatic rings. The van der Waals surface area contributed by atoms with Gasteiger partial charge in [-0.05, 0) is 75.4 Å². The highest BCUT2D eigenvalue weighted by Crippen LogP contribution is 2.28. The van der Waals surface area contributed by atoms with Crippen LogP contribution in [0.5, 0.6) is 5.75 Å². The molecule has 3 rings (SSSR count). The minimum Gasteiger partial charge on any atom is -0.508 e. The third-order valence-corrected chi connectivity index (χ3v) is 7.49. The predicted molar refractivity (Wildman–Crippen MR) is 178 cm³/mol. The van der Waals surface area contributed by atoms with Crippen molar-refractivity contribution in [2.45, 2.75) is 97.9 Å². The highest BCUT2D eigenvalue weighted by Gasteiger charge is 2.37. The molecule has 2 unspecified atom stereocenters. The first kappa shape index (κ1) is 35.2. The van der Waals surface area contributed by atoms with Crippen molar-refractivity contribution in [3.05, 3.63) is 101 Å². The topological polar surface area (TPSA) is 108 Å². The number of benzene rings is 3. The van der Waals surface area contributed by atoms with Crippen molar-refractivity contribution >= 4 is 17.9 Å². The normalized spacial score (nSPS) is 12.6. The van der Waals surface area contributed by atoms with Crippen molar-refractivity contribution in [3.63, 3.8) is 0 Å². The molecular formula is C37H49N3O5. The fourth-order valence-electron chi connectivity index (χ4n) is 5.26. The molecule has 3 N–H and O–H groups in total. The maximum Gasteiger partial charge on any atom is 0.408 e. The van der Waals surface area contributed by atoms with E-state index in [1.807, 2.05) is 62.4 Å². The number of nitrogens with zero attached hydrogens (tertiary/aromatic N) is 1. The molecule has 0 radical (unpaired) electrons. The molecule has 0 heterocycles. The zero-order valence-electron chi connectivity index (χ0n) is 27.6. The van der Waals surface area contributed by atoms with Crippen molar-refractivity contribution in [1.82, 2.24) is 15.5 Å². The monoisotopic (exact) mass is 615 g/mol. The lowest BCUT2D eigenvalue weighted by molar-refractivity contribution is -0.142. The number of carbonyl (C=O) groups excluding carboxylic acids is 3. The van der Waals surface area contributed by atoms with Gasteiger partial charge in [-0.25, -0.2) is 4.79 Å². The molecule has 8 heteroatoms. The van der Waals surface area contributed by atoms with Crippen LogP contribution in [-0.4, -0.2) is 46.1 Å². The Balaban J connectivity index is 2.06. The van der Waals surface area contributed by atoms with Crippen LogP contribution in [0.25, 0.3) is 0 Å². The Morgan fingerprint density at radius 2 is 1.58 bits per heavy atom. The Hall–Kier alpha value is -4.33. The molecule has 0 aliphatic heterocycles. The highest BCUT2D eigenvalue weighted by atomic mass is 16.6. The number of phenolic OH excluding ortho intramolecular Hbond substituents is 1. The summed E-state index contributed by atoms with van der Waals surface area (Å²) in [4.78, 5) is 43.5. The maximum atomic E-state index is 14.7. The van der Waals surface area contributed by atoms with Gasteiger partial charge in [0.25, 0.3) is 0 Å². The van der Waals surface area contributed by atoms with E-state index in [-0.39, 0.29) is 24.0 Å². The minimum absolute atomic E-state index is 0.101. The Kier molecular flexibility index (Phi) is 13.0. The van der Waals surface area contributed by atoms with Crippen molar-refractivity contribution in [1.29, 1.82) is 0 Å². The second-order valence-corrected chi connectivity index (χ2v) is 12.6. The van der Waals surface area contributed by atoms with Gasteiger partial charge in [0, 0.05) is 19.5 Å². The van der Waals surface area contributed by atoms with Crippen LogP contribution in [0.1, 0.15) is 87.2 Å². The van der Waals surface area contributed by atoms with Gasteiger partial charge in [-0.1, -0.05) is 92.4 Å². The van der Waals surface area contributed by atoms with Crippen LogP contribution >= 0.6 is 0 Å². The SMILES string of the molecule is CCCCCCN(C(=O)C(Cc1ccc(O)cc1)NC(=O)OC(C)(C)C)C(C(=O)NCc1ccccc1)c1ccc(C)cc1C. The zero-order valence-corrected chi connectivity index (χ0v) is 27.6. The summed E-state index contributed by atoms with van der Waals surface area (Å²) in [6.07, 6.45) is 3.05. The molecule has 3 aromatic rings. The molecule has 0 aliphatic carbocycles. The fourth-order valence-corrected chi connectivity index (χ4v) is 5.26.